The van der Waals surface area contributed by atoms with E-state index in [9.17, 15) is 9.59 Å². The number of rotatable bonds is 4. The lowest BCUT2D eigenvalue weighted by molar-refractivity contribution is -0.149. The lowest BCUT2D eigenvalue weighted by Crippen LogP contribution is -2.55. The standard InChI is InChI=1S/C17H25N3O2/c1-17(2,3)14(19-18)11-20-15(21)9-13(10-16(20)22)12-7-5-4-6-8-12/h4-8,13-14,19H,9-11,18H2,1-3H3/t14-/m1/s1. The zero-order valence-electron chi connectivity index (χ0n) is 13.5. The van der Waals surface area contributed by atoms with Gasteiger partial charge in [0, 0.05) is 31.3 Å². The zero-order valence-corrected chi connectivity index (χ0v) is 13.5. The fourth-order valence-electron chi connectivity index (χ4n) is 2.78. The average Bonchev–Trinajstić information content (AvgIpc) is 2.46. The Labute approximate surface area is 131 Å². The highest BCUT2D eigenvalue weighted by Crippen LogP contribution is 2.30. The SMILES string of the molecule is CC(C)(C)[C@@H](CN1C(=O)CC(c2ccccc2)CC1=O)NN. The third-order valence-corrected chi connectivity index (χ3v) is 4.33. The van der Waals surface area contributed by atoms with Crippen LogP contribution in [0.4, 0.5) is 0 Å². The molecule has 1 aromatic carbocycles. The van der Waals surface area contributed by atoms with Crippen molar-refractivity contribution in [3.05, 3.63) is 35.9 Å². The summed E-state index contributed by atoms with van der Waals surface area (Å²) in [6, 6.07) is 9.62. The molecular formula is C17H25N3O2. The van der Waals surface area contributed by atoms with Crippen LogP contribution in [-0.2, 0) is 9.59 Å². The normalized spacial score (nSPS) is 18.6. The van der Waals surface area contributed by atoms with Gasteiger partial charge < -0.3 is 0 Å². The molecule has 1 fully saturated rings. The molecule has 1 aliphatic rings. The Morgan fingerprint density at radius 2 is 1.73 bits per heavy atom. The van der Waals surface area contributed by atoms with E-state index in [0.717, 1.165) is 5.56 Å². The zero-order chi connectivity index (χ0) is 16.3. The number of hydrogen-bond acceptors (Lipinski definition) is 4. The van der Waals surface area contributed by atoms with Crippen LogP contribution in [0.1, 0.15) is 45.1 Å². The summed E-state index contributed by atoms with van der Waals surface area (Å²) in [5, 5.41) is 0. The molecule has 0 saturated carbocycles. The molecule has 0 bridgehead atoms. The van der Waals surface area contributed by atoms with E-state index in [0.29, 0.717) is 19.4 Å². The Morgan fingerprint density at radius 3 is 2.18 bits per heavy atom. The first-order valence-corrected chi connectivity index (χ1v) is 7.67. The Hall–Kier alpha value is -1.72. The van der Waals surface area contributed by atoms with Crippen LogP contribution in [0.15, 0.2) is 30.3 Å². The van der Waals surface area contributed by atoms with Crippen molar-refractivity contribution in [1.29, 1.82) is 0 Å². The number of carbonyl (C=O) groups excluding carboxylic acids is 2. The van der Waals surface area contributed by atoms with Gasteiger partial charge in [0.1, 0.15) is 0 Å². The van der Waals surface area contributed by atoms with E-state index < -0.39 is 0 Å². The molecule has 2 amide bonds. The molecule has 3 N–H and O–H groups in total. The Bertz CT molecular complexity index is 519. The first-order valence-electron chi connectivity index (χ1n) is 7.67. The van der Waals surface area contributed by atoms with Gasteiger partial charge in [0.2, 0.25) is 11.8 Å². The van der Waals surface area contributed by atoms with Crippen molar-refractivity contribution >= 4 is 11.8 Å². The number of likely N-dealkylation sites (tertiary alicyclic amines) is 1. The molecule has 0 radical (unpaired) electrons. The summed E-state index contributed by atoms with van der Waals surface area (Å²) in [5.74, 6) is 5.34. The number of nitrogens with one attached hydrogen (secondary N) is 1. The molecule has 5 nitrogen and oxygen atoms in total. The largest absolute Gasteiger partial charge is 0.281 e. The molecule has 1 heterocycles. The highest BCUT2D eigenvalue weighted by atomic mass is 16.2. The number of nitrogens with zero attached hydrogens (tertiary/aromatic N) is 1. The number of imide groups is 1. The predicted octanol–water partition coefficient (Wildman–Crippen LogP) is 1.80. The minimum Gasteiger partial charge on any atom is -0.281 e. The number of carbonyl (C=O) groups is 2. The average molecular weight is 303 g/mol. The first-order chi connectivity index (χ1) is 10.3. The summed E-state index contributed by atoms with van der Waals surface area (Å²) in [7, 11) is 0. The van der Waals surface area contributed by atoms with E-state index in [-0.39, 0.29) is 29.2 Å². The Morgan fingerprint density at radius 1 is 1.18 bits per heavy atom. The Balaban J connectivity index is 2.09. The van der Waals surface area contributed by atoms with Gasteiger partial charge in [-0.25, -0.2) is 0 Å². The van der Waals surface area contributed by atoms with Crippen molar-refractivity contribution < 1.29 is 9.59 Å². The topological polar surface area (TPSA) is 75.4 Å². The minimum atomic E-state index is -0.133. The number of piperidine rings is 1. The van der Waals surface area contributed by atoms with E-state index in [4.69, 9.17) is 5.84 Å². The molecule has 1 aromatic rings. The van der Waals surface area contributed by atoms with Gasteiger partial charge in [0.15, 0.2) is 0 Å². The van der Waals surface area contributed by atoms with Crippen molar-refractivity contribution in [2.45, 2.75) is 45.6 Å². The van der Waals surface area contributed by atoms with E-state index in [1.165, 1.54) is 4.90 Å². The van der Waals surface area contributed by atoms with Crippen molar-refractivity contribution in [3.8, 4) is 0 Å². The lowest BCUT2D eigenvalue weighted by Gasteiger charge is -2.37. The van der Waals surface area contributed by atoms with Crippen LogP contribution in [-0.4, -0.2) is 29.3 Å². The van der Waals surface area contributed by atoms with Crippen molar-refractivity contribution in [3.63, 3.8) is 0 Å². The van der Waals surface area contributed by atoms with Crippen LogP contribution >= 0.6 is 0 Å². The first kappa shape index (κ1) is 16.6. The van der Waals surface area contributed by atoms with E-state index in [1.807, 2.05) is 51.1 Å². The van der Waals surface area contributed by atoms with Gasteiger partial charge in [-0.05, 0) is 11.0 Å². The highest BCUT2D eigenvalue weighted by Gasteiger charge is 2.36. The highest BCUT2D eigenvalue weighted by molar-refractivity contribution is 5.98. The molecule has 120 valence electrons. The maximum atomic E-state index is 12.4. The summed E-state index contributed by atoms with van der Waals surface area (Å²) in [5.41, 5.74) is 3.64. The quantitative estimate of drug-likeness (QED) is 0.505. The van der Waals surface area contributed by atoms with E-state index in [2.05, 4.69) is 5.43 Å². The molecule has 0 unspecified atom stereocenters. The van der Waals surface area contributed by atoms with Crippen LogP contribution in [0.25, 0.3) is 0 Å². The van der Waals surface area contributed by atoms with Gasteiger partial charge in [-0.1, -0.05) is 51.1 Å². The van der Waals surface area contributed by atoms with Gasteiger partial charge in [0.25, 0.3) is 0 Å². The van der Waals surface area contributed by atoms with Crippen LogP contribution in [0.3, 0.4) is 0 Å². The molecule has 1 atom stereocenters. The van der Waals surface area contributed by atoms with E-state index >= 15 is 0 Å². The van der Waals surface area contributed by atoms with Gasteiger partial charge in [-0.2, -0.15) is 0 Å². The number of benzene rings is 1. The predicted molar refractivity (Wildman–Crippen MR) is 85.7 cm³/mol. The monoisotopic (exact) mass is 303 g/mol. The van der Waals surface area contributed by atoms with Crippen LogP contribution in [0, 0.1) is 5.41 Å². The fraction of sp³-hybridized carbons (Fsp3) is 0.529. The van der Waals surface area contributed by atoms with Gasteiger partial charge in [-0.15, -0.1) is 0 Å². The summed E-state index contributed by atoms with van der Waals surface area (Å²) < 4.78 is 0. The van der Waals surface area contributed by atoms with Crippen LogP contribution in [0.2, 0.25) is 0 Å². The molecule has 0 spiro atoms. The second kappa shape index (κ2) is 6.58. The maximum Gasteiger partial charge on any atom is 0.229 e. The fourth-order valence-corrected chi connectivity index (χ4v) is 2.78. The molecule has 5 heteroatoms. The van der Waals surface area contributed by atoms with Gasteiger partial charge >= 0.3 is 0 Å². The van der Waals surface area contributed by atoms with Crippen molar-refractivity contribution in [2.24, 2.45) is 11.3 Å². The van der Waals surface area contributed by atoms with Gasteiger partial charge in [0.05, 0.1) is 0 Å². The number of nitrogens with two attached hydrogens (primary N) is 1. The van der Waals surface area contributed by atoms with Crippen molar-refractivity contribution in [2.75, 3.05) is 6.54 Å². The van der Waals surface area contributed by atoms with E-state index in [1.54, 1.807) is 0 Å². The summed E-state index contributed by atoms with van der Waals surface area (Å²) in [6.45, 7) is 6.41. The van der Waals surface area contributed by atoms with Gasteiger partial charge in [-0.3, -0.25) is 25.8 Å². The third kappa shape index (κ3) is 3.72. The molecule has 0 aromatic heterocycles. The third-order valence-electron chi connectivity index (χ3n) is 4.33. The van der Waals surface area contributed by atoms with Crippen molar-refractivity contribution in [1.82, 2.24) is 10.3 Å². The molecule has 0 aliphatic carbocycles. The molecule has 1 aliphatic heterocycles. The maximum absolute atomic E-state index is 12.4. The lowest BCUT2D eigenvalue weighted by atomic mass is 9.85. The summed E-state index contributed by atoms with van der Waals surface area (Å²) >= 11 is 0. The number of hydrogen-bond donors (Lipinski definition) is 2. The second-order valence-corrected chi connectivity index (χ2v) is 7.00. The van der Waals surface area contributed by atoms with Crippen LogP contribution in [0.5, 0.6) is 0 Å². The minimum absolute atomic E-state index is 0.0172. The smallest absolute Gasteiger partial charge is 0.229 e. The summed E-state index contributed by atoms with van der Waals surface area (Å²) in [6.07, 6.45) is 0.744. The molecular weight excluding hydrogens is 278 g/mol. The molecule has 1 saturated heterocycles. The molecule has 2 rings (SSSR count). The Kier molecular flexibility index (Phi) is 4.98. The number of amides is 2. The van der Waals surface area contributed by atoms with Crippen LogP contribution < -0.4 is 11.3 Å². The second-order valence-electron chi connectivity index (χ2n) is 7.00. The number of hydrazine groups is 1. The summed E-state index contributed by atoms with van der Waals surface area (Å²) in [4.78, 5) is 26.2. The molecule has 22 heavy (non-hydrogen) atoms.